The lowest BCUT2D eigenvalue weighted by Gasteiger charge is -2.64. The summed E-state index contributed by atoms with van der Waals surface area (Å²) < 4.78 is 14.4. The summed E-state index contributed by atoms with van der Waals surface area (Å²) in [4.78, 5) is 9.79. The summed E-state index contributed by atoms with van der Waals surface area (Å²) in [6.45, 7) is 2.12. The highest BCUT2D eigenvalue weighted by Crippen LogP contribution is 2.67. The Hall–Kier alpha value is -4.42. The van der Waals surface area contributed by atoms with E-state index in [1.165, 1.54) is 39.4 Å². The number of allylic oxidation sites excluding steroid dienone is 10. The first-order valence-electron chi connectivity index (χ1n) is 19.0. The van der Waals surface area contributed by atoms with Gasteiger partial charge in [0.2, 0.25) is 0 Å². The Morgan fingerprint density at radius 1 is 1.00 bits per heavy atom. The van der Waals surface area contributed by atoms with E-state index in [2.05, 4.69) is 119 Å². The van der Waals surface area contributed by atoms with E-state index in [9.17, 15) is 0 Å². The highest BCUT2D eigenvalue weighted by molar-refractivity contribution is 5.72. The molecule has 0 amide bonds. The zero-order chi connectivity index (χ0) is 33.4. The van der Waals surface area contributed by atoms with Crippen molar-refractivity contribution < 1.29 is 9.47 Å². The minimum atomic E-state index is -0.0349. The first kappa shape index (κ1) is 30.4. The molecule has 0 aromatic carbocycles. The van der Waals surface area contributed by atoms with Gasteiger partial charge < -0.3 is 30.1 Å². The van der Waals surface area contributed by atoms with Gasteiger partial charge in [-0.25, -0.2) is 0 Å². The normalized spacial score (nSPS) is 38.0. The van der Waals surface area contributed by atoms with Crippen molar-refractivity contribution in [1.29, 1.82) is 0 Å². The van der Waals surface area contributed by atoms with Crippen molar-refractivity contribution in [3.63, 3.8) is 0 Å². The molecule has 1 spiro atoms. The van der Waals surface area contributed by atoms with Crippen molar-refractivity contribution in [3.05, 3.63) is 138 Å². The van der Waals surface area contributed by atoms with Crippen LogP contribution in [0.3, 0.4) is 0 Å². The summed E-state index contributed by atoms with van der Waals surface area (Å²) in [5, 5.41) is 0. The molecule has 0 radical (unpaired) electrons. The van der Waals surface area contributed by atoms with Crippen LogP contribution < -0.4 is 10.6 Å². The molecule has 2 saturated heterocycles. The van der Waals surface area contributed by atoms with E-state index in [4.69, 9.17) is 15.2 Å². The van der Waals surface area contributed by atoms with Gasteiger partial charge in [0.1, 0.15) is 17.7 Å². The SMILES string of the molecule is C/C(=C\C=C/N)c1cc(C2=CC3OC4C=CCCC4C4(C5=CCCC=C5OC5CC(N6c7[nH]ccc7C7C=CC=CC76)C=CC54)C3CC2)c[nH]1. The molecule has 2 aromatic heterocycles. The summed E-state index contributed by atoms with van der Waals surface area (Å²) in [6, 6.07) is 5.17. The molecule has 2 fully saturated rings. The number of fused-ring (bicyclic) bond motifs is 11. The van der Waals surface area contributed by atoms with Gasteiger partial charge in [0.25, 0.3) is 0 Å². The molecule has 6 nitrogen and oxygen atoms in total. The van der Waals surface area contributed by atoms with E-state index in [-0.39, 0.29) is 29.8 Å². The Morgan fingerprint density at radius 3 is 2.84 bits per heavy atom. The number of anilines is 1. The second-order valence-corrected chi connectivity index (χ2v) is 15.6. The number of aromatic nitrogens is 2. The predicted molar refractivity (Wildman–Crippen MR) is 201 cm³/mol. The lowest BCUT2D eigenvalue weighted by atomic mass is 9.46. The Bertz CT molecular complexity index is 1960. The van der Waals surface area contributed by atoms with Gasteiger partial charge >= 0.3 is 0 Å². The number of nitrogens with two attached hydrogens (primary N) is 1. The molecular formula is C44H48N4O2. The van der Waals surface area contributed by atoms with Crippen LogP contribution in [-0.2, 0) is 9.47 Å². The number of rotatable bonds is 4. The summed E-state index contributed by atoms with van der Waals surface area (Å²) in [6.07, 6.45) is 44.2. The van der Waals surface area contributed by atoms with Crippen LogP contribution in [0.1, 0.15) is 74.6 Å². The van der Waals surface area contributed by atoms with Crippen molar-refractivity contribution in [2.75, 3.05) is 4.90 Å². The average Bonchev–Trinajstić information content (AvgIpc) is 3.91. The van der Waals surface area contributed by atoms with E-state index in [0.29, 0.717) is 29.7 Å². The third-order valence-electron chi connectivity index (χ3n) is 13.3. The van der Waals surface area contributed by atoms with Gasteiger partial charge in [-0.2, -0.15) is 0 Å². The monoisotopic (exact) mass is 664 g/mol. The molecule has 0 saturated carbocycles. The summed E-state index contributed by atoms with van der Waals surface area (Å²) in [7, 11) is 0. The third kappa shape index (κ3) is 4.43. The molecule has 10 atom stereocenters. The minimum absolute atomic E-state index is 0.0349. The van der Waals surface area contributed by atoms with Crippen LogP contribution >= 0.6 is 0 Å². The van der Waals surface area contributed by atoms with E-state index < -0.39 is 0 Å². The quantitative estimate of drug-likeness (QED) is 0.226. The van der Waals surface area contributed by atoms with Crippen LogP contribution in [0.2, 0.25) is 0 Å². The molecule has 256 valence electrons. The third-order valence-corrected chi connectivity index (χ3v) is 13.3. The van der Waals surface area contributed by atoms with E-state index in [0.717, 1.165) is 50.6 Å². The van der Waals surface area contributed by atoms with Crippen molar-refractivity contribution >= 4 is 17.0 Å². The zero-order valence-electron chi connectivity index (χ0n) is 28.9. The van der Waals surface area contributed by atoms with Crippen LogP contribution in [0.15, 0.2) is 121 Å². The van der Waals surface area contributed by atoms with E-state index in [1.807, 2.05) is 6.08 Å². The van der Waals surface area contributed by atoms with Crippen LogP contribution in [0.5, 0.6) is 0 Å². The Labute approximate surface area is 295 Å². The molecule has 5 heterocycles. The van der Waals surface area contributed by atoms with Crippen LogP contribution in [0.25, 0.3) is 11.1 Å². The topological polar surface area (TPSA) is 79.3 Å². The van der Waals surface area contributed by atoms with Crippen LogP contribution in [0, 0.1) is 23.2 Å². The first-order valence-corrected chi connectivity index (χ1v) is 19.0. The number of nitrogens with one attached hydrogen (secondary N) is 2. The second-order valence-electron chi connectivity index (χ2n) is 15.6. The highest BCUT2D eigenvalue weighted by Gasteiger charge is 2.65. The average molecular weight is 665 g/mol. The Balaban J connectivity index is 1.05. The van der Waals surface area contributed by atoms with Crippen molar-refractivity contribution in [3.8, 4) is 0 Å². The second kappa shape index (κ2) is 11.8. The minimum Gasteiger partial charge on any atom is -0.490 e. The molecule has 2 aromatic rings. The molecule has 10 rings (SSSR count). The van der Waals surface area contributed by atoms with Crippen molar-refractivity contribution in [2.24, 2.45) is 28.9 Å². The number of hydrogen-bond acceptors (Lipinski definition) is 4. The van der Waals surface area contributed by atoms with Crippen molar-refractivity contribution in [1.82, 2.24) is 9.97 Å². The number of H-pyrrole nitrogens is 2. The number of aromatic amines is 2. The Kier molecular flexibility index (Phi) is 7.20. The van der Waals surface area contributed by atoms with Crippen LogP contribution in [0.4, 0.5) is 5.82 Å². The van der Waals surface area contributed by atoms with Gasteiger partial charge in [-0.15, -0.1) is 0 Å². The molecule has 50 heavy (non-hydrogen) atoms. The number of ether oxygens (including phenoxy) is 2. The molecule has 3 aliphatic heterocycles. The summed E-state index contributed by atoms with van der Waals surface area (Å²) in [5.74, 6) is 3.95. The smallest absolute Gasteiger partial charge is 0.119 e. The highest BCUT2D eigenvalue weighted by atomic mass is 16.5. The first-order chi connectivity index (χ1) is 24.6. The molecular weight excluding hydrogens is 617 g/mol. The molecule has 0 bridgehead atoms. The molecule has 6 heteroatoms. The van der Waals surface area contributed by atoms with Crippen molar-refractivity contribution in [2.45, 2.75) is 88.2 Å². The maximum Gasteiger partial charge on any atom is 0.119 e. The summed E-state index contributed by atoms with van der Waals surface area (Å²) in [5.41, 5.74) is 13.4. The van der Waals surface area contributed by atoms with Gasteiger partial charge in [0.15, 0.2) is 0 Å². The lowest BCUT2D eigenvalue weighted by molar-refractivity contribution is -0.190. The molecule has 10 unspecified atom stereocenters. The largest absolute Gasteiger partial charge is 0.490 e. The standard InChI is InChI=1S/C44H48N4O2/c1-27(9-8-21-45)37-23-29(26-47-37)28-16-18-35-41(24-28)49-39-14-6-3-11-33(39)44(35)34-12-4-7-15-40(34)50-42-25-30(17-19-36(42)44)48-38-13-5-2-10-31(38)32-20-22-46-43(32)48/h2,5-6,8-10,12-15,17,19-24,26,30-31,33,35-36,38-39,41-42,46-47H,3-4,7,11,16,18,25,45H2,1H3/b21-8-,27-9+. The Morgan fingerprint density at radius 2 is 1.90 bits per heavy atom. The number of hydrogen-bond donors (Lipinski definition) is 3. The molecule has 8 aliphatic rings. The zero-order valence-corrected chi connectivity index (χ0v) is 28.9. The lowest BCUT2D eigenvalue weighted by Crippen LogP contribution is -2.64. The van der Waals surface area contributed by atoms with E-state index >= 15 is 0 Å². The van der Waals surface area contributed by atoms with E-state index in [1.54, 1.807) is 6.20 Å². The van der Waals surface area contributed by atoms with Gasteiger partial charge in [0, 0.05) is 47.3 Å². The maximum absolute atomic E-state index is 7.20. The fraction of sp³-hybridized carbons (Fsp3) is 0.409. The van der Waals surface area contributed by atoms with Gasteiger partial charge in [-0.05, 0) is 110 Å². The number of nitrogens with zero attached hydrogens (tertiary/aromatic N) is 1. The fourth-order valence-corrected chi connectivity index (χ4v) is 11.3. The maximum atomic E-state index is 7.20. The van der Waals surface area contributed by atoms with Crippen LogP contribution in [-0.4, -0.2) is 40.4 Å². The van der Waals surface area contributed by atoms with Gasteiger partial charge in [-0.3, -0.25) is 0 Å². The fourth-order valence-electron chi connectivity index (χ4n) is 11.3. The van der Waals surface area contributed by atoms with Gasteiger partial charge in [0.05, 0.1) is 24.3 Å². The van der Waals surface area contributed by atoms with Gasteiger partial charge in [-0.1, -0.05) is 66.8 Å². The summed E-state index contributed by atoms with van der Waals surface area (Å²) >= 11 is 0. The molecule has 4 N–H and O–H groups in total. The molecule has 5 aliphatic carbocycles. The predicted octanol–water partition coefficient (Wildman–Crippen LogP) is 8.78.